The molecule has 0 heterocycles. The second-order valence-electron chi connectivity index (χ2n) is 16.0. The minimum Gasteiger partial charge on any atom is -0.0654 e. The largest absolute Gasteiger partial charge is 0.0654 e. The molecule has 0 aliphatic rings. The number of benzene rings is 1. The van der Waals surface area contributed by atoms with Crippen LogP contribution in [0.5, 0.6) is 0 Å². The van der Waals surface area contributed by atoms with E-state index in [-0.39, 0.29) is 0 Å². The Bertz CT molecular complexity index is 690. The maximum atomic E-state index is 2.47. The van der Waals surface area contributed by atoms with Crippen molar-refractivity contribution in [3.05, 3.63) is 34.9 Å². The van der Waals surface area contributed by atoms with Gasteiger partial charge < -0.3 is 0 Å². The van der Waals surface area contributed by atoms with Crippen molar-refractivity contribution in [1.29, 1.82) is 0 Å². The lowest BCUT2D eigenvalue weighted by atomic mass is 9.90. The third kappa shape index (κ3) is 29.0. The molecular formula is C48H90. The molecule has 0 saturated carbocycles. The highest BCUT2D eigenvalue weighted by Gasteiger charge is 2.09. The minimum atomic E-state index is 1.31. The lowest BCUT2D eigenvalue weighted by molar-refractivity contribution is 0.526. The maximum Gasteiger partial charge on any atom is -0.0274 e. The molecule has 1 aromatic carbocycles. The van der Waals surface area contributed by atoms with Crippen LogP contribution in [0.3, 0.4) is 0 Å². The molecule has 0 heteroatoms. The Morgan fingerprint density at radius 1 is 0.250 bits per heavy atom. The summed E-state index contributed by atoms with van der Waals surface area (Å²) in [6.07, 6.45) is 56.1. The summed E-state index contributed by atoms with van der Waals surface area (Å²) in [4.78, 5) is 0. The van der Waals surface area contributed by atoms with E-state index in [2.05, 4.69) is 39.0 Å². The van der Waals surface area contributed by atoms with E-state index < -0.39 is 0 Å². The van der Waals surface area contributed by atoms with Gasteiger partial charge in [-0.15, -0.1) is 0 Å². The second kappa shape index (κ2) is 37.5. The standard InChI is InChI=1S/C48H90/c1-4-7-10-12-14-16-18-20-22-24-26-28-30-32-34-36-38-41-46-43-40-44-47(48(46)45-9-6-3)42-39-37-35-33-31-29-27-25-23-21-19-17-15-13-11-8-5-2/h40,43-44H,4-39,41-42,45H2,1-3H3. The molecule has 0 aromatic heterocycles. The first-order chi connectivity index (χ1) is 23.8. The first kappa shape index (κ1) is 45.2. The van der Waals surface area contributed by atoms with Gasteiger partial charge in [0.25, 0.3) is 0 Å². The quantitative estimate of drug-likeness (QED) is 0.0613. The zero-order valence-electron chi connectivity index (χ0n) is 33.8. The fourth-order valence-electron chi connectivity index (χ4n) is 7.91. The van der Waals surface area contributed by atoms with Crippen LogP contribution in [-0.4, -0.2) is 0 Å². The van der Waals surface area contributed by atoms with Crippen LogP contribution in [0.25, 0.3) is 0 Å². The summed E-state index contributed by atoms with van der Waals surface area (Å²) < 4.78 is 0. The van der Waals surface area contributed by atoms with Crippen molar-refractivity contribution in [3.63, 3.8) is 0 Å². The van der Waals surface area contributed by atoms with E-state index in [0.29, 0.717) is 0 Å². The second-order valence-corrected chi connectivity index (χ2v) is 16.0. The molecule has 0 atom stereocenters. The molecule has 0 N–H and O–H groups in total. The average Bonchev–Trinajstić information content (AvgIpc) is 3.10. The van der Waals surface area contributed by atoms with Gasteiger partial charge in [-0.2, -0.15) is 0 Å². The van der Waals surface area contributed by atoms with Crippen LogP contribution < -0.4 is 0 Å². The van der Waals surface area contributed by atoms with Gasteiger partial charge in [0.1, 0.15) is 0 Å². The highest BCUT2D eigenvalue weighted by atomic mass is 14.1. The van der Waals surface area contributed by atoms with E-state index >= 15 is 0 Å². The third-order valence-electron chi connectivity index (χ3n) is 11.2. The van der Waals surface area contributed by atoms with Gasteiger partial charge in [0.05, 0.1) is 0 Å². The fraction of sp³-hybridized carbons (Fsp3) is 0.875. The molecule has 282 valence electrons. The molecule has 0 spiro atoms. The Labute approximate surface area is 305 Å². The van der Waals surface area contributed by atoms with Gasteiger partial charge in [0.2, 0.25) is 0 Å². The zero-order chi connectivity index (χ0) is 34.4. The Balaban J connectivity index is 2.06. The predicted octanol–water partition coefficient (Wildman–Crippen LogP) is 17.4. The number of rotatable bonds is 39. The summed E-state index contributed by atoms with van der Waals surface area (Å²) in [5.74, 6) is 0. The van der Waals surface area contributed by atoms with Crippen molar-refractivity contribution in [2.24, 2.45) is 0 Å². The molecule has 0 amide bonds. The van der Waals surface area contributed by atoms with Gasteiger partial charge in [-0.3, -0.25) is 0 Å². The lowest BCUT2D eigenvalue weighted by Gasteiger charge is -2.15. The molecule has 0 aliphatic carbocycles. The van der Waals surface area contributed by atoms with Crippen LogP contribution in [0.15, 0.2) is 18.2 Å². The fourth-order valence-corrected chi connectivity index (χ4v) is 7.91. The number of aryl methyl sites for hydroxylation is 2. The van der Waals surface area contributed by atoms with E-state index in [1.165, 1.54) is 250 Å². The van der Waals surface area contributed by atoms with Crippen LogP contribution in [0.2, 0.25) is 0 Å². The summed E-state index contributed by atoms with van der Waals surface area (Å²) in [6.45, 7) is 6.98. The summed E-state index contributed by atoms with van der Waals surface area (Å²) in [5.41, 5.74) is 5.12. The molecule has 0 radical (unpaired) electrons. The molecule has 0 bridgehead atoms. The Morgan fingerprint density at radius 2 is 0.479 bits per heavy atom. The van der Waals surface area contributed by atoms with Crippen LogP contribution in [0, 0.1) is 0 Å². The van der Waals surface area contributed by atoms with Crippen LogP contribution >= 0.6 is 0 Å². The average molecular weight is 667 g/mol. The van der Waals surface area contributed by atoms with Crippen molar-refractivity contribution in [3.8, 4) is 0 Å². The van der Waals surface area contributed by atoms with Gasteiger partial charge in [-0.1, -0.05) is 251 Å². The van der Waals surface area contributed by atoms with Gasteiger partial charge in [0, 0.05) is 0 Å². The Morgan fingerprint density at radius 3 is 0.729 bits per heavy atom. The van der Waals surface area contributed by atoms with Gasteiger partial charge in [-0.25, -0.2) is 0 Å². The van der Waals surface area contributed by atoms with E-state index in [1.54, 1.807) is 16.7 Å². The lowest BCUT2D eigenvalue weighted by Crippen LogP contribution is -2.02. The summed E-state index contributed by atoms with van der Waals surface area (Å²) >= 11 is 0. The van der Waals surface area contributed by atoms with Crippen LogP contribution in [-0.2, 0) is 19.3 Å². The summed E-state index contributed by atoms with van der Waals surface area (Å²) in [5, 5.41) is 0. The highest BCUT2D eigenvalue weighted by Crippen LogP contribution is 2.23. The van der Waals surface area contributed by atoms with E-state index in [0.717, 1.165) is 0 Å². The van der Waals surface area contributed by atoms with E-state index in [9.17, 15) is 0 Å². The first-order valence-electron chi connectivity index (χ1n) is 22.9. The molecule has 1 rings (SSSR count). The molecular weight excluding hydrogens is 577 g/mol. The Kier molecular flexibility index (Phi) is 35.3. The van der Waals surface area contributed by atoms with Crippen LogP contribution in [0.4, 0.5) is 0 Å². The third-order valence-corrected chi connectivity index (χ3v) is 11.2. The predicted molar refractivity (Wildman–Crippen MR) is 221 cm³/mol. The molecule has 0 aliphatic heterocycles. The van der Waals surface area contributed by atoms with Crippen molar-refractivity contribution in [2.75, 3.05) is 0 Å². The minimum absolute atomic E-state index is 1.31. The zero-order valence-corrected chi connectivity index (χ0v) is 33.8. The molecule has 1 aromatic rings. The summed E-state index contributed by atoms with van der Waals surface area (Å²) in [6, 6.07) is 7.31. The van der Waals surface area contributed by atoms with Crippen molar-refractivity contribution < 1.29 is 0 Å². The Hall–Kier alpha value is -0.780. The maximum absolute atomic E-state index is 2.47. The number of unbranched alkanes of at least 4 members (excludes halogenated alkanes) is 33. The number of hydrogen-bond donors (Lipinski definition) is 0. The molecule has 0 nitrogen and oxygen atoms in total. The SMILES string of the molecule is CCCCCCCCCCCCCCCCCCCc1cccc(CCCCCCCCCCCCCCCCCCC)c1CCCC. The number of hydrogen-bond acceptors (Lipinski definition) is 0. The molecule has 0 unspecified atom stereocenters. The van der Waals surface area contributed by atoms with Crippen molar-refractivity contribution >= 4 is 0 Å². The normalized spacial score (nSPS) is 11.6. The van der Waals surface area contributed by atoms with Gasteiger partial charge in [0.15, 0.2) is 0 Å². The topological polar surface area (TPSA) is 0 Å². The monoisotopic (exact) mass is 667 g/mol. The first-order valence-corrected chi connectivity index (χ1v) is 22.9. The van der Waals surface area contributed by atoms with Gasteiger partial charge in [-0.05, 0) is 55.2 Å². The van der Waals surface area contributed by atoms with Crippen LogP contribution in [0.1, 0.15) is 269 Å². The summed E-state index contributed by atoms with van der Waals surface area (Å²) in [7, 11) is 0. The van der Waals surface area contributed by atoms with E-state index in [4.69, 9.17) is 0 Å². The van der Waals surface area contributed by atoms with Gasteiger partial charge >= 0.3 is 0 Å². The molecule has 0 fully saturated rings. The molecule has 48 heavy (non-hydrogen) atoms. The van der Waals surface area contributed by atoms with E-state index in [1.807, 2.05) is 0 Å². The van der Waals surface area contributed by atoms with Crippen molar-refractivity contribution in [2.45, 2.75) is 271 Å². The smallest absolute Gasteiger partial charge is 0.0274 e. The van der Waals surface area contributed by atoms with Crippen molar-refractivity contribution in [1.82, 2.24) is 0 Å². The molecule has 0 saturated heterocycles. The highest BCUT2D eigenvalue weighted by molar-refractivity contribution is 5.36.